The molecule has 0 bridgehead atoms. The standard InChI is InChI=1S/C27H35N7O3.2ClH/c1-18-21-6-5-19(15-25(21)34(32-18)9-11-37-13-12-36-10-7-28)27(35)31-26-16-22-20(17-29-26)14-23(30-22)24-4-3-8-33(24)2;;/h5-6,14-17,24,30H,3-4,7-13,28H2,1-2H3,(H,29,31,35);2*1H/t24-;;/m1../s1. The number of carbonyl (C=O) groups is 1. The summed E-state index contributed by atoms with van der Waals surface area (Å²) in [5.41, 5.74) is 9.93. The number of pyridine rings is 1. The Balaban J connectivity index is 0.00000210. The summed E-state index contributed by atoms with van der Waals surface area (Å²) in [7, 11) is 2.16. The van der Waals surface area contributed by atoms with Gasteiger partial charge in [0.2, 0.25) is 0 Å². The van der Waals surface area contributed by atoms with Crippen molar-refractivity contribution < 1.29 is 14.3 Å². The Kier molecular flexibility index (Phi) is 11.1. The van der Waals surface area contributed by atoms with Gasteiger partial charge in [0.1, 0.15) is 5.82 Å². The van der Waals surface area contributed by atoms with Gasteiger partial charge in [0.05, 0.1) is 49.7 Å². The van der Waals surface area contributed by atoms with Gasteiger partial charge in [-0.25, -0.2) is 4.98 Å². The van der Waals surface area contributed by atoms with E-state index in [0.717, 1.165) is 40.5 Å². The van der Waals surface area contributed by atoms with E-state index < -0.39 is 0 Å². The molecule has 1 aliphatic heterocycles. The van der Waals surface area contributed by atoms with Gasteiger partial charge in [-0.1, -0.05) is 6.07 Å². The van der Waals surface area contributed by atoms with E-state index in [1.165, 1.54) is 12.1 Å². The first-order valence-electron chi connectivity index (χ1n) is 12.9. The zero-order valence-electron chi connectivity index (χ0n) is 22.3. The smallest absolute Gasteiger partial charge is 0.256 e. The summed E-state index contributed by atoms with van der Waals surface area (Å²) >= 11 is 0. The number of nitrogens with one attached hydrogen (secondary N) is 2. The van der Waals surface area contributed by atoms with Crippen LogP contribution in [0, 0.1) is 6.92 Å². The van der Waals surface area contributed by atoms with E-state index in [0.29, 0.717) is 56.9 Å². The Morgan fingerprint density at radius 2 is 1.95 bits per heavy atom. The molecule has 10 nitrogen and oxygen atoms in total. The predicted molar refractivity (Wildman–Crippen MR) is 158 cm³/mol. The minimum atomic E-state index is -0.213. The average molecular weight is 579 g/mol. The van der Waals surface area contributed by atoms with E-state index in [2.05, 4.69) is 38.4 Å². The number of halogens is 2. The number of likely N-dealkylation sites (tertiary alicyclic amines) is 1. The molecule has 12 heteroatoms. The number of aromatic nitrogens is 4. The average Bonchev–Trinajstić information content (AvgIpc) is 3.59. The molecular formula is C27H37Cl2N7O3. The largest absolute Gasteiger partial charge is 0.378 e. The molecule has 212 valence electrons. The molecule has 0 aliphatic carbocycles. The number of fused-ring (bicyclic) bond motifs is 2. The molecule has 39 heavy (non-hydrogen) atoms. The van der Waals surface area contributed by atoms with Crippen LogP contribution in [0.25, 0.3) is 21.8 Å². The number of aromatic amines is 1. The maximum absolute atomic E-state index is 13.1. The van der Waals surface area contributed by atoms with E-state index in [4.69, 9.17) is 15.2 Å². The number of hydrogen-bond acceptors (Lipinski definition) is 7. The first-order chi connectivity index (χ1) is 18.0. The van der Waals surface area contributed by atoms with Crippen LogP contribution in [-0.4, -0.2) is 77.1 Å². The second-order valence-electron chi connectivity index (χ2n) is 9.53. The van der Waals surface area contributed by atoms with Crippen molar-refractivity contribution in [3.05, 3.63) is 53.5 Å². The summed E-state index contributed by atoms with van der Waals surface area (Å²) in [6.45, 7) is 6.21. The summed E-state index contributed by atoms with van der Waals surface area (Å²) in [5, 5.41) is 9.64. The van der Waals surface area contributed by atoms with Gasteiger partial charge in [-0.05, 0) is 51.6 Å². The van der Waals surface area contributed by atoms with Gasteiger partial charge < -0.3 is 25.5 Å². The topological polar surface area (TPSA) is 123 Å². The molecule has 1 atom stereocenters. The first kappa shape index (κ1) is 30.8. The quantitative estimate of drug-likeness (QED) is 0.229. The monoisotopic (exact) mass is 577 g/mol. The highest BCUT2D eigenvalue weighted by Crippen LogP contribution is 2.32. The van der Waals surface area contributed by atoms with Crippen molar-refractivity contribution in [1.82, 2.24) is 24.6 Å². The molecule has 1 aliphatic rings. The number of benzene rings is 1. The number of carbonyl (C=O) groups excluding carboxylic acids is 1. The first-order valence-corrected chi connectivity index (χ1v) is 12.9. The van der Waals surface area contributed by atoms with Gasteiger partial charge >= 0.3 is 0 Å². The van der Waals surface area contributed by atoms with Crippen molar-refractivity contribution in [2.24, 2.45) is 5.73 Å². The molecule has 4 heterocycles. The second kappa shape index (κ2) is 14.1. The van der Waals surface area contributed by atoms with Crippen molar-refractivity contribution in [3.63, 3.8) is 0 Å². The van der Waals surface area contributed by atoms with E-state index in [1.54, 1.807) is 0 Å². The van der Waals surface area contributed by atoms with Crippen LogP contribution in [0.15, 0.2) is 36.5 Å². The molecule has 0 radical (unpaired) electrons. The molecule has 1 fully saturated rings. The number of amides is 1. The number of H-pyrrole nitrogens is 1. The summed E-state index contributed by atoms with van der Waals surface area (Å²) in [5.74, 6) is 0.301. The fourth-order valence-corrected chi connectivity index (χ4v) is 5.00. The van der Waals surface area contributed by atoms with Gasteiger partial charge in [-0.3, -0.25) is 14.4 Å². The SMILES string of the molecule is Cc1nn(CCOCCOCCN)c2cc(C(=O)Nc3cc4[nH]c([C@H]5CCCN5C)cc4cn3)ccc12.Cl.Cl. The van der Waals surface area contributed by atoms with Crippen molar-refractivity contribution in [2.45, 2.75) is 32.4 Å². The molecule has 4 N–H and O–H groups in total. The van der Waals surface area contributed by atoms with Crippen molar-refractivity contribution >= 4 is 58.3 Å². The lowest BCUT2D eigenvalue weighted by atomic mass is 10.1. The van der Waals surface area contributed by atoms with Crippen molar-refractivity contribution in [3.8, 4) is 0 Å². The third kappa shape index (κ3) is 7.08. The molecule has 5 rings (SSSR count). The van der Waals surface area contributed by atoms with Gasteiger partial charge in [0.25, 0.3) is 5.91 Å². The highest BCUT2D eigenvalue weighted by atomic mass is 35.5. The van der Waals surface area contributed by atoms with E-state index >= 15 is 0 Å². The highest BCUT2D eigenvalue weighted by molar-refractivity contribution is 6.06. The van der Waals surface area contributed by atoms with Crippen molar-refractivity contribution in [1.29, 1.82) is 0 Å². The number of nitrogens with zero attached hydrogens (tertiary/aromatic N) is 4. The fraction of sp³-hybridized carbons (Fsp3) is 0.444. The molecule has 1 amide bonds. The Bertz CT molecular complexity index is 1390. The van der Waals surface area contributed by atoms with E-state index in [9.17, 15) is 4.79 Å². The van der Waals surface area contributed by atoms with Crippen LogP contribution < -0.4 is 11.1 Å². The van der Waals surface area contributed by atoms with Crippen LogP contribution in [0.5, 0.6) is 0 Å². The summed E-state index contributed by atoms with van der Waals surface area (Å²) in [6, 6.07) is 10.1. The van der Waals surface area contributed by atoms with Crippen LogP contribution >= 0.6 is 24.8 Å². The fourth-order valence-electron chi connectivity index (χ4n) is 5.00. The predicted octanol–water partition coefficient (Wildman–Crippen LogP) is 4.08. The maximum atomic E-state index is 13.1. The zero-order valence-corrected chi connectivity index (χ0v) is 23.9. The second-order valence-corrected chi connectivity index (χ2v) is 9.53. The molecule has 1 saturated heterocycles. The Labute approximate surface area is 240 Å². The lowest BCUT2D eigenvalue weighted by Gasteiger charge is -2.17. The lowest BCUT2D eigenvalue weighted by molar-refractivity contribution is 0.0471. The summed E-state index contributed by atoms with van der Waals surface area (Å²) in [6.07, 6.45) is 4.16. The van der Waals surface area contributed by atoms with E-state index in [1.807, 2.05) is 42.1 Å². The Hall–Kier alpha value is -2.73. The van der Waals surface area contributed by atoms with E-state index in [-0.39, 0.29) is 30.7 Å². The molecule has 0 saturated carbocycles. The van der Waals surface area contributed by atoms with Gasteiger partial charge in [-0.15, -0.1) is 24.8 Å². The normalized spacial score (nSPS) is 15.4. The van der Waals surface area contributed by atoms with Crippen LogP contribution in [-0.2, 0) is 16.0 Å². The Morgan fingerprint density at radius 3 is 2.69 bits per heavy atom. The number of rotatable bonds is 11. The number of aryl methyl sites for hydroxylation is 1. The minimum Gasteiger partial charge on any atom is -0.378 e. The van der Waals surface area contributed by atoms with Crippen LogP contribution in [0.2, 0.25) is 0 Å². The molecule has 0 spiro atoms. The molecule has 3 aromatic heterocycles. The minimum absolute atomic E-state index is 0. The third-order valence-electron chi connectivity index (χ3n) is 6.93. The van der Waals surface area contributed by atoms with Gasteiger partial charge in [0.15, 0.2) is 0 Å². The van der Waals surface area contributed by atoms with Gasteiger partial charge in [0, 0.05) is 46.9 Å². The third-order valence-corrected chi connectivity index (χ3v) is 6.93. The molecule has 4 aromatic rings. The maximum Gasteiger partial charge on any atom is 0.256 e. The number of hydrogen-bond donors (Lipinski definition) is 3. The van der Waals surface area contributed by atoms with Crippen molar-refractivity contribution in [2.75, 3.05) is 51.9 Å². The number of nitrogens with two attached hydrogens (primary N) is 1. The lowest BCUT2D eigenvalue weighted by Crippen LogP contribution is -2.17. The van der Waals surface area contributed by atoms with Crippen LogP contribution in [0.3, 0.4) is 0 Å². The number of ether oxygens (including phenoxy) is 2. The molecular weight excluding hydrogens is 541 g/mol. The Morgan fingerprint density at radius 1 is 1.15 bits per heavy atom. The highest BCUT2D eigenvalue weighted by Gasteiger charge is 2.24. The summed E-state index contributed by atoms with van der Waals surface area (Å²) in [4.78, 5) is 23.5. The van der Waals surface area contributed by atoms with Crippen LogP contribution in [0.4, 0.5) is 5.82 Å². The summed E-state index contributed by atoms with van der Waals surface area (Å²) < 4.78 is 12.9. The van der Waals surface area contributed by atoms with Crippen LogP contribution in [0.1, 0.15) is 40.6 Å². The molecule has 1 aromatic carbocycles. The number of anilines is 1. The molecule has 0 unspecified atom stereocenters. The zero-order chi connectivity index (χ0) is 25.8. The van der Waals surface area contributed by atoms with Gasteiger partial charge in [-0.2, -0.15) is 5.10 Å².